The molecule has 0 bridgehead atoms. The van der Waals surface area contributed by atoms with E-state index in [-0.39, 0.29) is 5.89 Å². The van der Waals surface area contributed by atoms with Crippen LogP contribution in [0.3, 0.4) is 0 Å². The normalized spacial score (nSPS) is 17.6. The molecule has 1 aliphatic carbocycles. The van der Waals surface area contributed by atoms with Gasteiger partial charge in [0.2, 0.25) is 0 Å². The standard InChI is InChI=1S/C13H12F2IN3O/c14-8-5-7(10(16)6-9(8)15)11-18-12(19-20-11)13(17)3-1-2-4-13/h5-6H,1-4,17H2. The minimum atomic E-state index is -0.941. The van der Waals surface area contributed by atoms with Gasteiger partial charge in [-0.15, -0.1) is 0 Å². The van der Waals surface area contributed by atoms with E-state index in [1.165, 1.54) is 0 Å². The monoisotopic (exact) mass is 391 g/mol. The van der Waals surface area contributed by atoms with Crippen molar-refractivity contribution in [3.05, 3.63) is 33.2 Å². The molecule has 1 aromatic heterocycles. The number of nitrogens with two attached hydrogens (primary N) is 1. The molecule has 1 aromatic carbocycles. The predicted molar refractivity (Wildman–Crippen MR) is 76.7 cm³/mol. The van der Waals surface area contributed by atoms with Crippen molar-refractivity contribution in [2.75, 3.05) is 0 Å². The van der Waals surface area contributed by atoms with Gasteiger partial charge in [0, 0.05) is 3.57 Å². The summed E-state index contributed by atoms with van der Waals surface area (Å²) in [6, 6.07) is 2.16. The number of hydrogen-bond acceptors (Lipinski definition) is 4. The Morgan fingerprint density at radius 3 is 2.55 bits per heavy atom. The molecule has 2 N–H and O–H groups in total. The fourth-order valence-electron chi connectivity index (χ4n) is 2.45. The van der Waals surface area contributed by atoms with Gasteiger partial charge in [0.25, 0.3) is 5.89 Å². The highest BCUT2D eigenvalue weighted by Gasteiger charge is 2.36. The molecule has 1 aliphatic rings. The number of nitrogens with zero attached hydrogens (tertiary/aromatic N) is 2. The molecule has 0 atom stereocenters. The van der Waals surface area contributed by atoms with E-state index in [4.69, 9.17) is 10.3 Å². The Labute approximate surface area is 127 Å². The van der Waals surface area contributed by atoms with E-state index in [1.54, 1.807) is 0 Å². The zero-order valence-electron chi connectivity index (χ0n) is 10.5. The highest BCUT2D eigenvalue weighted by molar-refractivity contribution is 14.1. The van der Waals surface area contributed by atoms with E-state index in [1.807, 2.05) is 22.6 Å². The Morgan fingerprint density at radius 1 is 1.20 bits per heavy atom. The van der Waals surface area contributed by atoms with Gasteiger partial charge >= 0.3 is 0 Å². The molecule has 1 fully saturated rings. The summed E-state index contributed by atoms with van der Waals surface area (Å²) >= 11 is 1.90. The third-order valence-electron chi connectivity index (χ3n) is 3.61. The van der Waals surface area contributed by atoms with E-state index in [0.29, 0.717) is 15.0 Å². The van der Waals surface area contributed by atoms with E-state index in [0.717, 1.165) is 37.8 Å². The molecule has 20 heavy (non-hydrogen) atoms. The van der Waals surface area contributed by atoms with Crippen LogP contribution in [-0.2, 0) is 5.54 Å². The summed E-state index contributed by atoms with van der Waals surface area (Å²) in [6.45, 7) is 0. The minimum Gasteiger partial charge on any atom is -0.334 e. The maximum atomic E-state index is 13.3. The van der Waals surface area contributed by atoms with Crippen molar-refractivity contribution < 1.29 is 13.3 Å². The first kappa shape index (κ1) is 13.9. The highest BCUT2D eigenvalue weighted by Crippen LogP contribution is 2.36. The molecular weight excluding hydrogens is 379 g/mol. The molecule has 0 radical (unpaired) electrons. The van der Waals surface area contributed by atoms with Crippen molar-refractivity contribution in [2.45, 2.75) is 31.2 Å². The average molecular weight is 391 g/mol. The summed E-state index contributed by atoms with van der Waals surface area (Å²) in [6.07, 6.45) is 3.67. The summed E-state index contributed by atoms with van der Waals surface area (Å²) in [4.78, 5) is 4.27. The van der Waals surface area contributed by atoms with Gasteiger partial charge in [0.1, 0.15) is 0 Å². The van der Waals surface area contributed by atoms with E-state index in [2.05, 4.69) is 10.1 Å². The number of hydrogen-bond donors (Lipinski definition) is 1. The van der Waals surface area contributed by atoms with Gasteiger partial charge in [-0.2, -0.15) is 4.98 Å². The fraction of sp³-hybridized carbons (Fsp3) is 0.385. The van der Waals surface area contributed by atoms with Gasteiger partial charge in [-0.3, -0.25) is 0 Å². The SMILES string of the molecule is NC1(c2noc(-c3cc(F)c(F)cc3I)n2)CCCC1. The Hall–Kier alpha value is -1.09. The molecule has 0 saturated heterocycles. The Morgan fingerprint density at radius 2 is 1.85 bits per heavy atom. The summed E-state index contributed by atoms with van der Waals surface area (Å²) < 4.78 is 32.1. The summed E-state index contributed by atoms with van der Waals surface area (Å²) in [7, 11) is 0. The molecule has 106 valence electrons. The Bertz CT molecular complexity index is 653. The van der Waals surface area contributed by atoms with Crippen LogP contribution in [0.2, 0.25) is 0 Å². The van der Waals surface area contributed by atoms with Gasteiger partial charge < -0.3 is 10.3 Å². The molecular formula is C13H12F2IN3O. The van der Waals surface area contributed by atoms with Gasteiger partial charge in [-0.05, 0) is 47.6 Å². The van der Waals surface area contributed by atoms with Crippen LogP contribution in [0.15, 0.2) is 16.7 Å². The van der Waals surface area contributed by atoms with Crippen LogP contribution in [0.25, 0.3) is 11.5 Å². The molecule has 7 heteroatoms. The van der Waals surface area contributed by atoms with E-state index >= 15 is 0 Å². The lowest BCUT2D eigenvalue weighted by atomic mass is 9.99. The number of benzene rings is 1. The van der Waals surface area contributed by atoms with E-state index < -0.39 is 17.2 Å². The molecule has 3 rings (SSSR count). The van der Waals surface area contributed by atoms with Gasteiger partial charge in [0.15, 0.2) is 17.5 Å². The van der Waals surface area contributed by atoms with Crippen LogP contribution in [-0.4, -0.2) is 10.1 Å². The molecule has 1 saturated carbocycles. The van der Waals surface area contributed by atoms with Gasteiger partial charge in [0.05, 0.1) is 11.1 Å². The average Bonchev–Trinajstić information content (AvgIpc) is 3.03. The van der Waals surface area contributed by atoms with Gasteiger partial charge in [-0.1, -0.05) is 18.0 Å². The smallest absolute Gasteiger partial charge is 0.259 e. The molecule has 2 aromatic rings. The third-order valence-corrected chi connectivity index (χ3v) is 4.50. The maximum Gasteiger partial charge on any atom is 0.259 e. The summed E-state index contributed by atoms with van der Waals surface area (Å²) in [5, 5.41) is 3.91. The number of halogens is 3. The quantitative estimate of drug-likeness (QED) is 0.630. The van der Waals surface area contributed by atoms with Crippen LogP contribution < -0.4 is 5.73 Å². The maximum absolute atomic E-state index is 13.3. The molecule has 0 aliphatic heterocycles. The fourth-order valence-corrected chi connectivity index (χ4v) is 3.11. The lowest BCUT2D eigenvalue weighted by Gasteiger charge is -2.17. The molecule has 1 heterocycles. The number of rotatable bonds is 2. The second-order valence-electron chi connectivity index (χ2n) is 5.03. The molecule has 0 unspecified atom stereocenters. The first-order valence-electron chi connectivity index (χ1n) is 6.27. The Kier molecular flexibility index (Phi) is 3.49. The Balaban J connectivity index is 2.00. The third kappa shape index (κ3) is 2.32. The number of aromatic nitrogens is 2. The van der Waals surface area contributed by atoms with Crippen molar-refractivity contribution in [1.82, 2.24) is 10.1 Å². The first-order valence-corrected chi connectivity index (χ1v) is 7.35. The van der Waals surface area contributed by atoms with Crippen LogP contribution >= 0.6 is 22.6 Å². The largest absolute Gasteiger partial charge is 0.334 e. The highest BCUT2D eigenvalue weighted by atomic mass is 127. The topological polar surface area (TPSA) is 64.9 Å². The van der Waals surface area contributed by atoms with Crippen molar-refractivity contribution in [3.63, 3.8) is 0 Å². The van der Waals surface area contributed by atoms with Crippen molar-refractivity contribution in [1.29, 1.82) is 0 Å². The van der Waals surface area contributed by atoms with Crippen LogP contribution in [0.5, 0.6) is 0 Å². The van der Waals surface area contributed by atoms with Gasteiger partial charge in [-0.25, -0.2) is 8.78 Å². The van der Waals surface area contributed by atoms with Crippen LogP contribution in [0.1, 0.15) is 31.5 Å². The van der Waals surface area contributed by atoms with E-state index in [9.17, 15) is 8.78 Å². The molecule has 0 spiro atoms. The lowest BCUT2D eigenvalue weighted by molar-refractivity contribution is 0.372. The zero-order chi connectivity index (χ0) is 14.3. The van der Waals surface area contributed by atoms with Crippen molar-refractivity contribution >= 4 is 22.6 Å². The van der Waals surface area contributed by atoms with Crippen molar-refractivity contribution in [2.24, 2.45) is 5.73 Å². The summed E-state index contributed by atoms with van der Waals surface area (Å²) in [5.74, 6) is -1.24. The predicted octanol–water partition coefficient (Wildman–Crippen LogP) is 3.35. The second-order valence-corrected chi connectivity index (χ2v) is 6.19. The first-order chi connectivity index (χ1) is 9.49. The molecule has 0 amide bonds. The van der Waals surface area contributed by atoms with Crippen LogP contribution in [0, 0.1) is 15.2 Å². The van der Waals surface area contributed by atoms with Crippen LogP contribution in [0.4, 0.5) is 8.78 Å². The molecule has 4 nitrogen and oxygen atoms in total. The minimum absolute atomic E-state index is 0.167. The zero-order valence-corrected chi connectivity index (χ0v) is 12.7. The van der Waals surface area contributed by atoms with Crippen molar-refractivity contribution in [3.8, 4) is 11.5 Å². The summed E-state index contributed by atoms with van der Waals surface area (Å²) in [5.41, 5.74) is 6.06. The second kappa shape index (κ2) is 5.03. The lowest BCUT2D eigenvalue weighted by Crippen LogP contribution is -2.34.